The zero-order valence-corrected chi connectivity index (χ0v) is 10.9. The average molecular weight is 239 g/mol. The zero-order valence-electron chi connectivity index (χ0n) is 10.9. The van der Waals surface area contributed by atoms with Crippen LogP contribution in [-0.2, 0) is 4.65 Å². The molecule has 0 atom stereocenters. The molecule has 0 amide bonds. The lowest BCUT2D eigenvalue weighted by molar-refractivity contribution is 0.354. The molecule has 0 spiro atoms. The van der Waals surface area contributed by atoms with Crippen LogP contribution < -0.4 is 10.7 Å². The van der Waals surface area contributed by atoms with Crippen LogP contribution in [0.25, 0.3) is 0 Å². The van der Waals surface area contributed by atoms with Crippen molar-refractivity contribution in [1.82, 2.24) is 0 Å². The SMILES string of the molecule is CCOB(Nc1ccccc1)c1cccc(C)c1. The topological polar surface area (TPSA) is 21.3 Å². The van der Waals surface area contributed by atoms with Gasteiger partial charge in [-0.05, 0) is 31.4 Å². The Morgan fingerprint density at radius 3 is 2.50 bits per heavy atom. The third-order valence-electron chi connectivity index (χ3n) is 2.75. The van der Waals surface area contributed by atoms with Crippen LogP contribution in [0.5, 0.6) is 0 Å². The molecule has 18 heavy (non-hydrogen) atoms. The maximum atomic E-state index is 5.78. The first-order valence-corrected chi connectivity index (χ1v) is 6.29. The molecular formula is C15H18BNO. The molecule has 2 rings (SSSR count). The van der Waals surface area contributed by atoms with Gasteiger partial charge in [0.2, 0.25) is 0 Å². The van der Waals surface area contributed by atoms with Crippen molar-refractivity contribution >= 4 is 18.2 Å². The van der Waals surface area contributed by atoms with Crippen molar-refractivity contribution in [3.8, 4) is 0 Å². The van der Waals surface area contributed by atoms with E-state index in [1.165, 1.54) is 5.56 Å². The summed E-state index contributed by atoms with van der Waals surface area (Å²) in [5.41, 5.74) is 3.46. The Bertz CT molecular complexity index is 487. The third-order valence-corrected chi connectivity index (χ3v) is 2.75. The molecule has 0 fully saturated rings. The van der Waals surface area contributed by atoms with Crippen LogP contribution in [0.1, 0.15) is 12.5 Å². The Kier molecular flexibility index (Phi) is 4.43. The van der Waals surface area contributed by atoms with Gasteiger partial charge in [0.05, 0.1) is 0 Å². The normalized spacial score (nSPS) is 10.1. The molecule has 0 heterocycles. The van der Waals surface area contributed by atoms with Gasteiger partial charge in [0.15, 0.2) is 0 Å². The van der Waals surface area contributed by atoms with Gasteiger partial charge >= 0.3 is 7.05 Å². The van der Waals surface area contributed by atoms with Gasteiger partial charge in [0.25, 0.3) is 0 Å². The second-order valence-corrected chi connectivity index (χ2v) is 4.26. The molecule has 0 radical (unpaired) electrons. The number of para-hydroxylation sites is 1. The second kappa shape index (κ2) is 6.27. The lowest BCUT2D eigenvalue weighted by Crippen LogP contribution is -2.41. The maximum absolute atomic E-state index is 5.78. The van der Waals surface area contributed by atoms with Gasteiger partial charge in [-0.1, -0.05) is 48.0 Å². The molecule has 2 nitrogen and oxygen atoms in total. The van der Waals surface area contributed by atoms with Crippen molar-refractivity contribution in [2.24, 2.45) is 0 Å². The van der Waals surface area contributed by atoms with E-state index in [9.17, 15) is 0 Å². The first-order chi connectivity index (χ1) is 8.79. The molecule has 2 aromatic carbocycles. The van der Waals surface area contributed by atoms with Crippen LogP contribution in [-0.4, -0.2) is 13.7 Å². The largest absolute Gasteiger partial charge is 0.449 e. The minimum absolute atomic E-state index is 0.0997. The van der Waals surface area contributed by atoms with E-state index in [1.54, 1.807) is 0 Å². The Hall–Kier alpha value is -1.74. The van der Waals surface area contributed by atoms with E-state index in [-0.39, 0.29) is 7.05 Å². The monoisotopic (exact) mass is 239 g/mol. The van der Waals surface area contributed by atoms with Crippen molar-refractivity contribution in [3.63, 3.8) is 0 Å². The average Bonchev–Trinajstić information content (AvgIpc) is 2.39. The van der Waals surface area contributed by atoms with E-state index >= 15 is 0 Å². The van der Waals surface area contributed by atoms with Crippen LogP contribution in [0.2, 0.25) is 0 Å². The van der Waals surface area contributed by atoms with Crippen molar-refractivity contribution in [3.05, 3.63) is 60.2 Å². The molecule has 0 unspecified atom stereocenters. The molecule has 0 saturated heterocycles. The van der Waals surface area contributed by atoms with Gasteiger partial charge < -0.3 is 9.88 Å². The predicted molar refractivity (Wildman–Crippen MR) is 78.3 cm³/mol. The number of benzene rings is 2. The fraction of sp³-hybridized carbons (Fsp3) is 0.200. The number of nitrogens with one attached hydrogen (secondary N) is 1. The number of rotatable bonds is 5. The highest BCUT2D eigenvalue weighted by Crippen LogP contribution is 2.07. The maximum Gasteiger partial charge on any atom is 0.449 e. The molecule has 3 heteroatoms. The van der Waals surface area contributed by atoms with Crippen molar-refractivity contribution in [2.45, 2.75) is 13.8 Å². The Morgan fingerprint density at radius 2 is 1.83 bits per heavy atom. The molecule has 0 bridgehead atoms. The summed E-state index contributed by atoms with van der Waals surface area (Å²) in [7, 11) is -0.0997. The standard InChI is InChI=1S/C15H18BNO/c1-3-18-16(14-9-7-8-13(2)12-14)17-15-10-5-4-6-11-15/h4-12,17H,3H2,1-2H3. The minimum atomic E-state index is -0.0997. The van der Waals surface area contributed by atoms with Crippen molar-refractivity contribution in [1.29, 1.82) is 0 Å². The van der Waals surface area contributed by atoms with Gasteiger partial charge in [-0.2, -0.15) is 0 Å². The Morgan fingerprint density at radius 1 is 1.06 bits per heavy atom. The summed E-state index contributed by atoms with van der Waals surface area (Å²) < 4.78 is 5.78. The van der Waals surface area contributed by atoms with Gasteiger partial charge in [-0.15, -0.1) is 0 Å². The van der Waals surface area contributed by atoms with E-state index in [0.717, 1.165) is 11.2 Å². The van der Waals surface area contributed by atoms with Crippen LogP contribution >= 0.6 is 0 Å². The quantitative estimate of drug-likeness (QED) is 0.810. The number of hydrogen-bond donors (Lipinski definition) is 1. The first kappa shape index (κ1) is 12.7. The number of anilines is 1. The first-order valence-electron chi connectivity index (χ1n) is 6.29. The van der Waals surface area contributed by atoms with Gasteiger partial charge in [-0.3, -0.25) is 0 Å². The Labute approximate surface area is 109 Å². The second-order valence-electron chi connectivity index (χ2n) is 4.26. The molecule has 0 saturated carbocycles. The highest BCUT2D eigenvalue weighted by atomic mass is 16.4. The van der Waals surface area contributed by atoms with E-state index < -0.39 is 0 Å². The molecule has 1 N–H and O–H groups in total. The molecule has 0 aliphatic heterocycles. The molecule has 92 valence electrons. The van der Waals surface area contributed by atoms with E-state index in [2.05, 4.69) is 36.4 Å². The van der Waals surface area contributed by atoms with Crippen molar-refractivity contribution < 1.29 is 4.65 Å². The summed E-state index contributed by atoms with van der Waals surface area (Å²) in [5, 5.41) is 3.40. The lowest BCUT2D eigenvalue weighted by Gasteiger charge is -2.16. The fourth-order valence-corrected chi connectivity index (χ4v) is 1.91. The van der Waals surface area contributed by atoms with E-state index in [4.69, 9.17) is 4.65 Å². The van der Waals surface area contributed by atoms with Crippen molar-refractivity contribution in [2.75, 3.05) is 11.8 Å². The summed E-state index contributed by atoms with van der Waals surface area (Å²) in [6, 6.07) is 18.5. The third kappa shape index (κ3) is 3.38. The summed E-state index contributed by atoms with van der Waals surface area (Å²) in [6.45, 7) is 4.78. The van der Waals surface area contributed by atoms with Crippen LogP contribution in [0, 0.1) is 6.92 Å². The number of aryl methyl sites for hydroxylation is 1. The van der Waals surface area contributed by atoms with Gasteiger partial charge in [0.1, 0.15) is 0 Å². The fourth-order valence-electron chi connectivity index (χ4n) is 1.91. The molecule has 0 aromatic heterocycles. The zero-order chi connectivity index (χ0) is 12.8. The number of hydrogen-bond acceptors (Lipinski definition) is 2. The minimum Gasteiger partial charge on any atom is -0.413 e. The van der Waals surface area contributed by atoms with Gasteiger partial charge in [-0.25, -0.2) is 0 Å². The molecule has 0 aliphatic rings. The predicted octanol–water partition coefficient (Wildman–Crippen LogP) is 2.84. The molecule has 0 aliphatic carbocycles. The van der Waals surface area contributed by atoms with Crippen LogP contribution in [0.4, 0.5) is 5.69 Å². The summed E-state index contributed by atoms with van der Waals surface area (Å²) in [6.07, 6.45) is 0. The summed E-state index contributed by atoms with van der Waals surface area (Å²) in [4.78, 5) is 0. The lowest BCUT2D eigenvalue weighted by atomic mass is 9.72. The smallest absolute Gasteiger partial charge is 0.413 e. The summed E-state index contributed by atoms with van der Waals surface area (Å²) >= 11 is 0. The summed E-state index contributed by atoms with van der Waals surface area (Å²) in [5.74, 6) is 0. The van der Waals surface area contributed by atoms with E-state index in [0.29, 0.717) is 6.61 Å². The van der Waals surface area contributed by atoms with Gasteiger partial charge in [0, 0.05) is 12.3 Å². The Balaban J connectivity index is 2.18. The van der Waals surface area contributed by atoms with E-state index in [1.807, 2.05) is 37.3 Å². The molecular weight excluding hydrogens is 221 g/mol. The van der Waals surface area contributed by atoms with Crippen LogP contribution in [0.3, 0.4) is 0 Å². The van der Waals surface area contributed by atoms with Crippen LogP contribution in [0.15, 0.2) is 54.6 Å². The highest BCUT2D eigenvalue weighted by molar-refractivity contribution is 6.70. The molecule has 2 aromatic rings. The highest BCUT2D eigenvalue weighted by Gasteiger charge is 2.18.